The van der Waals surface area contributed by atoms with Crippen LogP contribution in [0.4, 0.5) is 5.69 Å². The predicted molar refractivity (Wildman–Crippen MR) is 124 cm³/mol. The number of piperazine rings is 1. The molecule has 1 saturated heterocycles. The van der Waals surface area contributed by atoms with Gasteiger partial charge < -0.3 is 14.2 Å². The van der Waals surface area contributed by atoms with E-state index >= 15 is 0 Å². The van der Waals surface area contributed by atoms with Crippen molar-refractivity contribution in [2.45, 2.75) is 24.5 Å². The van der Waals surface area contributed by atoms with Crippen molar-refractivity contribution in [1.82, 2.24) is 4.90 Å². The number of anilines is 1. The molecule has 0 N–H and O–H groups in total. The number of carbonyl (C=O) groups is 1. The molecule has 1 aliphatic rings. The second kappa shape index (κ2) is 9.28. The zero-order chi connectivity index (χ0) is 22.0. The van der Waals surface area contributed by atoms with E-state index in [0.29, 0.717) is 34.5 Å². The molecule has 0 radical (unpaired) electrons. The van der Waals surface area contributed by atoms with Gasteiger partial charge in [-0.1, -0.05) is 29.8 Å². The van der Waals surface area contributed by atoms with Gasteiger partial charge in [0.25, 0.3) is 5.91 Å². The fraction of sp³-hybridized carbons (Fsp3) is 0.292. The topological polar surface area (TPSA) is 53.8 Å². The molecule has 1 atom stereocenters. The summed E-state index contributed by atoms with van der Waals surface area (Å²) in [5.41, 5.74) is 3.71. The van der Waals surface area contributed by atoms with Crippen LogP contribution < -0.4 is 4.90 Å². The van der Waals surface area contributed by atoms with Gasteiger partial charge >= 0.3 is 0 Å². The maximum absolute atomic E-state index is 12.9. The largest absolute Gasteiger partial charge is 0.455 e. The van der Waals surface area contributed by atoms with Crippen LogP contribution in [-0.4, -0.2) is 41.2 Å². The highest BCUT2D eigenvalue weighted by Gasteiger charge is 2.25. The summed E-state index contributed by atoms with van der Waals surface area (Å²) in [5, 5.41) is 0.543. The van der Waals surface area contributed by atoms with Crippen LogP contribution in [0.2, 0.25) is 5.02 Å². The average molecular weight is 457 g/mol. The lowest BCUT2D eigenvalue weighted by atomic mass is 10.1. The van der Waals surface area contributed by atoms with Gasteiger partial charge in [-0.05, 0) is 61.4 Å². The van der Waals surface area contributed by atoms with Crippen LogP contribution >= 0.6 is 11.6 Å². The summed E-state index contributed by atoms with van der Waals surface area (Å²) in [6, 6.07) is 16.8. The number of amides is 1. The lowest BCUT2D eigenvalue weighted by Crippen LogP contribution is -2.49. The molecule has 1 fully saturated rings. The summed E-state index contributed by atoms with van der Waals surface area (Å²) in [5.74, 6) is 0.892. The van der Waals surface area contributed by atoms with Crippen LogP contribution in [0, 0.1) is 13.8 Å². The number of hydrogen-bond donors (Lipinski definition) is 0. The standard InChI is InChI=1S/C24H25ClN2O3S/c1-17-6-7-18(2)22(14-17)26-10-12-27(13-11-26)24(28)23-9-8-20(30-23)16-31(29)21-5-3-4-19(25)15-21/h3-9,14-15H,10-13,16H2,1-2H3. The Hall–Kier alpha value is -2.57. The summed E-state index contributed by atoms with van der Waals surface area (Å²) in [7, 11) is -1.29. The van der Waals surface area contributed by atoms with Crippen molar-refractivity contribution in [2.75, 3.05) is 31.1 Å². The third-order valence-electron chi connectivity index (χ3n) is 5.48. The summed E-state index contributed by atoms with van der Waals surface area (Å²) >= 11 is 5.98. The Kier molecular flexibility index (Phi) is 6.49. The predicted octanol–water partition coefficient (Wildman–Crippen LogP) is 4.82. The molecule has 1 aliphatic heterocycles. The highest BCUT2D eigenvalue weighted by Crippen LogP contribution is 2.24. The molecule has 4 rings (SSSR count). The molecule has 2 heterocycles. The van der Waals surface area contributed by atoms with E-state index < -0.39 is 10.8 Å². The van der Waals surface area contributed by atoms with Crippen molar-refractivity contribution >= 4 is 34.0 Å². The van der Waals surface area contributed by atoms with Crippen LogP contribution in [0.25, 0.3) is 0 Å². The molecule has 0 spiro atoms. The maximum atomic E-state index is 12.9. The first-order chi connectivity index (χ1) is 14.9. The molecular weight excluding hydrogens is 432 g/mol. The van der Waals surface area contributed by atoms with Gasteiger partial charge in [-0.3, -0.25) is 9.00 Å². The maximum Gasteiger partial charge on any atom is 0.289 e. The molecule has 1 amide bonds. The number of aryl methyl sites for hydroxylation is 2. The molecule has 1 aromatic heterocycles. The fourth-order valence-electron chi connectivity index (χ4n) is 3.76. The van der Waals surface area contributed by atoms with Crippen molar-refractivity contribution in [3.63, 3.8) is 0 Å². The van der Waals surface area contributed by atoms with E-state index in [1.807, 2.05) is 4.90 Å². The van der Waals surface area contributed by atoms with E-state index in [4.69, 9.17) is 16.0 Å². The lowest BCUT2D eigenvalue weighted by Gasteiger charge is -2.36. The minimum absolute atomic E-state index is 0.125. The van der Waals surface area contributed by atoms with Crippen LogP contribution in [0.1, 0.15) is 27.4 Å². The smallest absolute Gasteiger partial charge is 0.289 e. The number of rotatable bonds is 5. The lowest BCUT2D eigenvalue weighted by molar-refractivity contribution is 0.0713. The molecule has 0 bridgehead atoms. The van der Waals surface area contributed by atoms with Crippen molar-refractivity contribution in [3.05, 3.63) is 82.3 Å². The van der Waals surface area contributed by atoms with Crippen LogP contribution in [0.5, 0.6) is 0 Å². The van der Waals surface area contributed by atoms with Crippen molar-refractivity contribution in [2.24, 2.45) is 0 Å². The Morgan fingerprint density at radius 3 is 2.55 bits per heavy atom. The van der Waals surface area contributed by atoms with Gasteiger partial charge in [0.2, 0.25) is 0 Å². The molecule has 3 aromatic rings. The summed E-state index contributed by atoms with van der Waals surface area (Å²) in [6.07, 6.45) is 0. The van der Waals surface area contributed by atoms with Crippen molar-refractivity contribution in [3.8, 4) is 0 Å². The Morgan fingerprint density at radius 1 is 1.03 bits per heavy atom. The third-order valence-corrected chi connectivity index (χ3v) is 7.04. The highest BCUT2D eigenvalue weighted by molar-refractivity contribution is 7.84. The Bertz CT molecular complexity index is 1120. The Morgan fingerprint density at radius 2 is 1.81 bits per heavy atom. The van der Waals surface area contributed by atoms with E-state index in [1.165, 1.54) is 16.8 Å². The molecule has 7 heteroatoms. The molecule has 162 valence electrons. The van der Waals surface area contributed by atoms with E-state index in [0.717, 1.165) is 13.1 Å². The number of nitrogens with zero attached hydrogens (tertiary/aromatic N) is 2. The van der Waals surface area contributed by atoms with Crippen LogP contribution in [0.15, 0.2) is 63.9 Å². The van der Waals surface area contributed by atoms with Gasteiger partial charge in [-0.15, -0.1) is 0 Å². The fourth-order valence-corrected chi connectivity index (χ4v) is 5.08. The molecule has 31 heavy (non-hydrogen) atoms. The number of furan rings is 1. The van der Waals surface area contributed by atoms with Crippen LogP contribution in [0.3, 0.4) is 0 Å². The zero-order valence-electron chi connectivity index (χ0n) is 17.6. The number of hydrogen-bond acceptors (Lipinski definition) is 4. The zero-order valence-corrected chi connectivity index (χ0v) is 19.2. The van der Waals surface area contributed by atoms with Crippen molar-refractivity contribution in [1.29, 1.82) is 0 Å². The second-order valence-corrected chi connectivity index (χ2v) is 9.67. The van der Waals surface area contributed by atoms with Gasteiger partial charge in [0.15, 0.2) is 5.76 Å². The van der Waals surface area contributed by atoms with Crippen molar-refractivity contribution < 1.29 is 13.4 Å². The summed E-state index contributed by atoms with van der Waals surface area (Å²) < 4.78 is 18.3. The number of halogens is 1. The quantitative estimate of drug-likeness (QED) is 0.552. The molecule has 1 unspecified atom stereocenters. The second-order valence-electron chi connectivity index (χ2n) is 7.78. The monoisotopic (exact) mass is 456 g/mol. The van der Waals surface area contributed by atoms with Crippen LogP contribution in [-0.2, 0) is 16.6 Å². The van der Waals surface area contributed by atoms with Gasteiger partial charge in [-0.25, -0.2) is 0 Å². The number of benzene rings is 2. The van der Waals surface area contributed by atoms with Gasteiger partial charge in [0.05, 0.1) is 16.6 Å². The van der Waals surface area contributed by atoms with Gasteiger partial charge in [0, 0.05) is 41.8 Å². The van der Waals surface area contributed by atoms with E-state index in [-0.39, 0.29) is 11.7 Å². The van der Waals surface area contributed by atoms with E-state index in [9.17, 15) is 9.00 Å². The summed E-state index contributed by atoms with van der Waals surface area (Å²) in [4.78, 5) is 17.7. The SMILES string of the molecule is Cc1ccc(C)c(N2CCN(C(=O)c3ccc(CS(=O)c4cccc(Cl)c4)o3)CC2)c1. The average Bonchev–Trinajstić information content (AvgIpc) is 3.23. The Labute approximate surface area is 190 Å². The first-order valence-corrected chi connectivity index (χ1v) is 11.9. The third kappa shape index (κ3) is 5.02. The van der Waals surface area contributed by atoms with E-state index in [2.05, 4.69) is 36.9 Å². The minimum atomic E-state index is -1.29. The summed E-state index contributed by atoms with van der Waals surface area (Å²) in [6.45, 7) is 7.04. The number of carbonyl (C=O) groups excluding carboxylic acids is 1. The Balaban J connectivity index is 1.37. The van der Waals surface area contributed by atoms with Gasteiger partial charge in [0.1, 0.15) is 5.76 Å². The first-order valence-electron chi connectivity index (χ1n) is 10.2. The molecular formula is C24H25ClN2O3S. The minimum Gasteiger partial charge on any atom is -0.455 e. The molecule has 2 aromatic carbocycles. The highest BCUT2D eigenvalue weighted by atomic mass is 35.5. The normalized spacial score (nSPS) is 15.2. The molecule has 0 aliphatic carbocycles. The van der Waals surface area contributed by atoms with Gasteiger partial charge in [-0.2, -0.15) is 0 Å². The molecule has 5 nitrogen and oxygen atoms in total. The first kappa shape index (κ1) is 21.7. The van der Waals surface area contributed by atoms with E-state index in [1.54, 1.807) is 36.4 Å². The molecule has 0 saturated carbocycles.